The molecule has 12 heteroatoms. The standard InChI is InChI=1S/C25H18Cl2F3N3O4/c26-15-7-5-14(6-8-15)13-37-21-4-2-1-3-17(21)23(35)32-31-20-12-22(34)33(24(20)36)16-9-10-19(27)18(11-16)25(28,29)30/h1-11,20,31H,12-13H2,(H,32,35)/t20-/m0/s1. The highest BCUT2D eigenvalue weighted by Gasteiger charge is 2.41. The number of nitrogens with zero attached hydrogens (tertiary/aromatic N) is 1. The van der Waals surface area contributed by atoms with Crippen molar-refractivity contribution in [2.45, 2.75) is 25.2 Å². The summed E-state index contributed by atoms with van der Waals surface area (Å²) >= 11 is 11.5. The molecule has 1 aliphatic rings. The molecule has 0 aromatic heterocycles. The van der Waals surface area contributed by atoms with E-state index in [1.165, 1.54) is 6.07 Å². The summed E-state index contributed by atoms with van der Waals surface area (Å²) in [7, 11) is 0. The normalized spacial score (nSPS) is 15.7. The van der Waals surface area contributed by atoms with Crippen molar-refractivity contribution in [2.75, 3.05) is 4.90 Å². The summed E-state index contributed by atoms with van der Waals surface area (Å²) in [5.41, 5.74) is 4.39. The Morgan fingerprint density at radius 2 is 1.73 bits per heavy atom. The van der Waals surface area contributed by atoms with Crippen molar-refractivity contribution in [3.05, 3.63) is 93.5 Å². The molecule has 3 aromatic carbocycles. The molecule has 3 amide bonds. The van der Waals surface area contributed by atoms with Crippen LogP contribution in [0.1, 0.15) is 27.9 Å². The molecule has 0 bridgehead atoms. The van der Waals surface area contributed by atoms with Gasteiger partial charge in [0.15, 0.2) is 0 Å². The fraction of sp³-hybridized carbons (Fsp3) is 0.160. The Kier molecular flexibility index (Phi) is 7.72. The van der Waals surface area contributed by atoms with Crippen molar-refractivity contribution < 1.29 is 32.3 Å². The first kappa shape index (κ1) is 26.5. The van der Waals surface area contributed by atoms with Gasteiger partial charge in [-0.3, -0.25) is 19.8 Å². The van der Waals surface area contributed by atoms with Crippen LogP contribution in [0.25, 0.3) is 0 Å². The van der Waals surface area contributed by atoms with Crippen LogP contribution in [-0.4, -0.2) is 23.8 Å². The quantitative estimate of drug-likeness (QED) is 0.313. The summed E-state index contributed by atoms with van der Waals surface area (Å²) in [6, 6.07) is 14.9. The molecule has 7 nitrogen and oxygen atoms in total. The third-order valence-electron chi connectivity index (χ3n) is 5.46. The number of nitrogens with one attached hydrogen (secondary N) is 2. The molecule has 37 heavy (non-hydrogen) atoms. The fourth-order valence-corrected chi connectivity index (χ4v) is 3.98. The summed E-state index contributed by atoms with van der Waals surface area (Å²) in [6.07, 6.45) is -5.15. The van der Waals surface area contributed by atoms with Gasteiger partial charge < -0.3 is 4.74 Å². The van der Waals surface area contributed by atoms with E-state index in [2.05, 4.69) is 10.9 Å². The first-order valence-electron chi connectivity index (χ1n) is 10.8. The van der Waals surface area contributed by atoms with Gasteiger partial charge in [0.25, 0.3) is 11.8 Å². The molecule has 0 aliphatic carbocycles. The zero-order valence-corrected chi connectivity index (χ0v) is 20.3. The highest BCUT2D eigenvalue weighted by Crippen LogP contribution is 2.37. The highest BCUT2D eigenvalue weighted by atomic mass is 35.5. The SMILES string of the molecule is O=C(NN[C@H]1CC(=O)N(c2ccc(Cl)c(C(F)(F)F)c2)C1=O)c1ccccc1OCc1ccc(Cl)cc1. The van der Waals surface area contributed by atoms with Crippen LogP contribution < -0.4 is 20.5 Å². The van der Waals surface area contributed by atoms with Gasteiger partial charge >= 0.3 is 6.18 Å². The number of benzene rings is 3. The average Bonchev–Trinajstić information content (AvgIpc) is 3.14. The van der Waals surface area contributed by atoms with Crippen LogP contribution in [0.3, 0.4) is 0 Å². The Balaban J connectivity index is 1.42. The lowest BCUT2D eigenvalue weighted by molar-refractivity contribution is -0.137. The molecule has 0 unspecified atom stereocenters. The molecular formula is C25H18Cl2F3N3O4. The van der Waals surface area contributed by atoms with Crippen LogP contribution in [0, 0.1) is 0 Å². The topological polar surface area (TPSA) is 87.7 Å². The van der Waals surface area contributed by atoms with E-state index in [9.17, 15) is 27.6 Å². The van der Waals surface area contributed by atoms with Crippen molar-refractivity contribution in [3.63, 3.8) is 0 Å². The zero-order chi connectivity index (χ0) is 26.7. The summed E-state index contributed by atoms with van der Waals surface area (Å²) in [4.78, 5) is 38.7. The molecule has 1 heterocycles. The molecule has 0 saturated carbocycles. The minimum absolute atomic E-state index is 0.158. The second-order valence-corrected chi connectivity index (χ2v) is 8.84. The summed E-state index contributed by atoms with van der Waals surface area (Å²) in [6.45, 7) is 0.167. The number of hydrogen-bond acceptors (Lipinski definition) is 5. The number of halogens is 5. The number of carbonyl (C=O) groups is 3. The second kappa shape index (κ2) is 10.8. The number of ether oxygens (including phenoxy) is 1. The number of rotatable bonds is 7. The summed E-state index contributed by atoms with van der Waals surface area (Å²) in [5, 5.41) is 0.0131. The van der Waals surface area contributed by atoms with E-state index in [1.54, 1.807) is 42.5 Å². The van der Waals surface area contributed by atoms with Gasteiger partial charge in [-0.15, -0.1) is 0 Å². The van der Waals surface area contributed by atoms with Crippen molar-refractivity contribution in [3.8, 4) is 5.75 Å². The Labute approximate surface area is 219 Å². The summed E-state index contributed by atoms with van der Waals surface area (Å²) in [5.74, 6) is -1.93. The Morgan fingerprint density at radius 3 is 2.43 bits per heavy atom. The molecule has 0 spiro atoms. The smallest absolute Gasteiger partial charge is 0.417 e. The zero-order valence-electron chi connectivity index (χ0n) is 18.8. The fourth-order valence-electron chi connectivity index (χ4n) is 3.63. The largest absolute Gasteiger partial charge is 0.488 e. The van der Waals surface area contributed by atoms with E-state index in [-0.39, 0.29) is 30.0 Å². The van der Waals surface area contributed by atoms with Gasteiger partial charge in [0, 0.05) is 5.02 Å². The van der Waals surface area contributed by atoms with Gasteiger partial charge in [-0.1, -0.05) is 47.5 Å². The van der Waals surface area contributed by atoms with E-state index in [1.807, 2.05) is 0 Å². The van der Waals surface area contributed by atoms with E-state index in [4.69, 9.17) is 27.9 Å². The van der Waals surface area contributed by atoms with E-state index in [0.717, 1.165) is 17.7 Å². The number of anilines is 1. The molecule has 0 radical (unpaired) electrons. The number of hydrazine groups is 1. The number of carbonyl (C=O) groups excluding carboxylic acids is 3. The molecule has 3 aromatic rings. The molecule has 1 aliphatic heterocycles. The second-order valence-electron chi connectivity index (χ2n) is 8.00. The van der Waals surface area contributed by atoms with Crippen LogP contribution in [0.15, 0.2) is 66.7 Å². The molecule has 2 N–H and O–H groups in total. The van der Waals surface area contributed by atoms with Crippen molar-refractivity contribution in [1.29, 1.82) is 0 Å². The lowest BCUT2D eigenvalue weighted by atomic mass is 10.2. The Hall–Kier alpha value is -3.60. The predicted octanol–water partition coefficient (Wildman–Crippen LogP) is 5.16. The van der Waals surface area contributed by atoms with Gasteiger partial charge in [-0.2, -0.15) is 13.2 Å². The maximum Gasteiger partial charge on any atom is 0.417 e. The van der Waals surface area contributed by atoms with Crippen molar-refractivity contribution in [2.24, 2.45) is 0 Å². The highest BCUT2D eigenvalue weighted by molar-refractivity contribution is 6.32. The molecule has 1 saturated heterocycles. The van der Waals surface area contributed by atoms with E-state index >= 15 is 0 Å². The van der Waals surface area contributed by atoms with Gasteiger partial charge in [-0.05, 0) is 48.0 Å². The predicted molar refractivity (Wildman–Crippen MR) is 130 cm³/mol. The lowest BCUT2D eigenvalue weighted by Crippen LogP contribution is -2.48. The third-order valence-corrected chi connectivity index (χ3v) is 6.04. The van der Waals surface area contributed by atoms with E-state index in [0.29, 0.717) is 16.0 Å². The van der Waals surface area contributed by atoms with Gasteiger partial charge in [0.05, 0.1) is 28.3 Å². The third kappa shape index (κ3) is 6.04. The average molecular weight is 552 g/mol. The minimum atomic E-state index is -4.77. The number of imide groups is 1. The van der Waals surface area contributed by atoms with Gasteiger partial charge in [0.1, 0.15) is 18.4 Å². The van der Waals surface area contributed by atoms with Crippen molar-refractivity contribution >= 4 is 46.6 Å². The van der Waals surface area contributed by atoms with E-state index < -0.39 is 40.5 Å². The van der Waals surface area contributed by atoms with Crippen LogP contribution in [-0.2, 0) is 22.4 Å². The maximum atomic E-state index is 13.2. The molecule has 1 atom stereocenters. The maximum absolute atomic E-state index is 13.2. The van der Waals surface area contributed by atoms with Crippen LogP contribution in [0.4, 0.5) is 18.9 Å². The molecule has 1 fully saturated rings. The first-order chi connectivity index (χ1) is 17.5. The number of alkyl halides is 3. The number of amides is 3. The monoisotopic (exact) mass is 551 g/mol. The van der Waals surface area contributed by atoms with Crippen molar-refractivity contribution in [1.82, 2.24) is 10.9 Å². The van der Waals surface area contributed by atoms with Gasteiger partial charge in [0.2, 0.25) is 5.91 Å². The van der Waals surface area contributed by atoms with Crippen LogP contribution in [0.5, 0.6) is 5.75 Å². The minimum Gasteiger partial charge on any atom is -0.488 e. The Morgan fingerprint density at radius 1 is 1.03 bits per heavy atom. The Bertz CT molecular complexity index is 1350. The number of para-hydroxylation sites is 1. The molecule has 4 rings (SSSR count). The molecule has 192 valence electrons. The van der Waals surface area contributed by atoms with Crippen LogP contribution >= 0.6 is 23.2 Å². The first-order valence-corrected chi connectivity index (χ1v) is 11.6. The lowest BCUT2D eigenvalue weighted by Gasteiger charge is -2.18. The summed E-state index contributed by atoms with van der Waals surface area (Å²) < 4.78 is 45.4. The molecular weight excluding hydrogens is 534 g/mol. The van der Waals surface area contributed by atoms with Crippen LogP contribution in [0.2, 0.25) is 10.0 Å². The number of hydrogen-bond donors (Lipinski definition) is 2. The van der Waals surface area contributed by atoms with Gasteiger partial charge in [-0.25, -0.2) is 10.3 Å².